The van der Waals surface area contributed by atoms with Crippen LogP contribution in [-0.2, 0) is 9.53 Å². The van der Waals surface area contributed by atoms with Crippen molar-refractivity contribution in [3.8, 4) is 0 Å². The molecule has 1 fully saturated rings. The molecule has 1 heterocycles. The summed E-state index contributed by atoms with van der Waals surface area (Å²) in [4.78, 5) is 27.3. The molecule has 126 valence electrons. The fourth-order valence-electron chi connectivity index (χ4n) is 2.98. The average molecular weight is 356 g/mol. The Kier molecular flexibility index (Phi) is 6.36. The monoisotopic (exact) mass is 355 g/mol. The first kappa shape index (κ1) is 18.1. The molecular weight excluding hydrogens is 334 g/mol. The molecule has 1 aliphatic rings. The Labute approximate surface area is 146 Å². The number of halogens is 1. The molecule has 1 aliphatic heterocycles. The van der Waals surface area contributed by atoms with Crippen molar-refractivity contribution < 1.29 is 14.3 Å². The fourth-order valence-corrected chi connectivity index (χ4v) is 3.61. The summed E-state index contributed by atoms with van der Waals surface area (Å²) in [6.07, 6.45) is 5.03. The second-order valence-corrected chi connectivity index (χ2v) is 7.14. The minimum atomic E-state index is -0.559. The van der Waals surface area contributed by atoms with Crippen LogP contribution in [-0.4, -0.2) is 41.7 Å². The van der Waals surface area contributed by atoms with Crippen LogP contribution in [0.1, 0.15) is 43.5 Å². The Morgan fingerprint density at radius 3 is 2.57 bits per heavy atom. The number of ether oxygens (including phenoxy) is 1. The number of hydrogen-bond donors (Lipinski definition) is 0. The largest absolute Gasteiger partial charge is 0.452 e. The molecule has 4 nitrogen and oxygen atoms in total. The van der Waals surface area contributed by atoms with E-state index in [0.717, 1.165) is 24.2 Å². The van der Waals surface area contributed by atoms with Gasteiger partial charge in [-0.3, -0.25) is 4.79 Å². The van der Waals surface area contributed by atoms with Crippen LogP contribution in [0.2, 0.25) is 5.02 Å². The van der Waals surface area contributed by atoms with Gasteiger partial charge in [-0.05, 0) is 57.6 Å². The second kappa shape index (κ2) is 8.06. The molecule has 6 heteroatoms. The quantitative estimate of drug-likeness (QED) is 0.604. The van der Waals surface area contributed by atoms with Crippen LogP contribution < -0.4 is 0 Å². The predicted octanol–water partition coefficient (Wildman–Crippen LogP) is 4.01. The summed E-state index contributed by atoms with van der Waals surface area (Å²) >= 11 is 7.57. The van der Waals surface area contributed by atoms with E-state index in [-0.39, 0.29) is 24.6 Å². The molecule has 2 rings (SSSR count). The third-order valence-electron chi connectivity index (χ3n) is 4.20. The molecule has 0 saturated carbocycles. The maximum Gasteiger partial charge on any atom is 0.340 e. The first-order valence-electron chi connectivity index (χ1n) is 7.76. The lowest BCUT2D eigenvalue weighted by molar-refractivity contribution is -0.140. The number of esters is 1. The number of carbonyl (C=O) groups excluding carboxylic acids is 2. The van der Waals surface area contributed by atoms with Crippen molar-refractivity contribution in [1.82, 2.24) is 4.90 Å². The SMILES string of the molecule is CSc1ccc(Cl)c(C(=O)OCC(=O)N2C(C)CCCC2C)c1. The fraction of sp³-hybridized carbons (Fsp3) is 0.529. The van der Waals surface area contributed by atoms with E-state index in [1.54, 1.807) is 12.1 Å². The van der Waals surface area contributed by atoms with Gasteiger partial charge >= 0.3 is 5.97 Å². The molecule has 0 aromatic heterocycles. The average Bonchev–Trinajstić information content (AvgIpc) is 2.53. The maximum atomic E-state index is 12.4. The van der Waals surface area contributed by atoms with Crippen molar-refractivity contribution in [1.29, 1.82) is 0 Å². The van der Waals surface area contributed by atoms with E-state index in [4.69, 9.17) is 16.3 Å². The Balaban J connectivity index is 2.00. The zero-order valence-electron chi connectivity index (χ0n) is 13.7. The molecule has 2 atom stereocenters. The molecule has 0 N–H and O–H groups in total. The summed E-state index contributed by atoms with van der Waals surface area (Å²) in [7, 11) is 0. The Morgan fingerprint density at radius 1 is 1.30 bits per heavy atom. The number of likely N-dealkylation sites (tertiary alicyclic amines) is 1. The molecule has 23 heavy (non-hydrogen) atoms. The van der Waals surface area contributed by atoms with Gasteiger partial charge in [-0.2, -0.15) is 0 Å². The number of rotatable bonds is 4. The van der Waals surface area contributed by atoms with E-state index < -0.39 is 5.97 Å². The highest BCUT2D eigenvalue weighted by Gasteiger charge is 2.29. The highest BCUT2D eigenvalue weighted by Crippen LogP contribution is 2.25. The van der Waals surface area contributed by atoms with Crippen molar-refractivity contribution in [2.75, 3.05) is 12.9 Å². The van der Waals surface area contributed by atoms with Crippen LogP contribution in [0.4, 0.5) is 0 Å². The van der Waals surface area contributed by atoms with E-state index in [9.17, 15) is 9.59 Å². The highest BCUT2D eigenvalue weighted by atomic mass is 35.5. The van der Waals surface area contributed by atoms with Gasteiger partial charge in [0.15, 0.2) is 6.61 Å². The number of piperidine rings is 1. The highest BCUT2D eigenvalue weighted by molar-refractivity contribution is 7.98. The molecule has 0 aliphatic carbocycles. The normalized spacial score (nSPS) is 21.1. The lowest BCUT2D eigenvalue weighted by Crippen LogP contribution is -2.49. The van der Waals surface area contributed by atoms with E-state index >= 15 is 0 Å². The van der Waals surface area contributed by atoms with Crippen molar-refractivity contribution >= 4 is 35.2 Å². The Morgan fingerprint density at radius 2 is 1.96 bits per heavy atom. The second-order valence-electron chi connectivity index (χ2n) is 5.85. The van der Waals surface area contributed by atoms with Gasteiger partial charge in [-0.15, -0.1) is 11.8 Å². The number of benzene rings is 1. The van der Waals surface area contributed by atoms with Gasteiger partial charge in [0.1, 0.15) is 0 Å². The first-order chi connectivity index (χ1) is 10.9. The van der Waals surface area contributed by atoms with Gasteiger partial charge in [-0.25, -0.2) is 4.79 Å². The number of thioether (sulfide) groups is 1. The molecule has 0 radical (unpaired) electrons. The molecule has 0 spiro atoms. The van der Waals surface area contributed by atoms with Crippen molar-refractivity contribution in [2.24, 2.45) is 0 Å². The third-order valence-corrected chi connectivity index (χ3v) is 5.26. The molecule has 1 amide bonds. The summed E-state index contributed by atoms with van der Waals surface area (Å²) in [5.74, 6) is -0.702. The van der Waals surface area contributed by atoms with Gasteiger partial charge < -0.3 is 9.64 Å². The van der Waals surface area contributed by atoms with E-state index in [1.165, 1.54) is 11.8 Å². The molecule has 1 saturated heterocycles. The van der Waals surface area contributed by atoms with Crippen LogP contribution in [0.25, 0.3) is 0 Å². The first-order valence-corrected chi connectivity index (χ1v) is 9.36. The van der Waals surface area contributed by atoms with Gasteiger partial charge in [-0.1, -0.05) is 11.6 Å². The molecule has 1 aromatic carbocycles. The van der Waals surface area contributed by atoms with Gasteiger partial charge in [0.25, 0.3) is 5.91 Å². The van der Waals surface area contributed by atoms with E-state index in [2.05, 4.69) is 0 Å². The zero-order chi connectivity index (χ0) is 17.0. The lowest BCUT2D eigenvalue weighted by Gasteiger charge is -2.38. The molecule has 1 aromatic rings. The van der Waals surface area contributed by atoms with Gasteiger partial charge in [0.05, 0.1) is 10.6 Å². The van der Waals surface area contributed by atoms with Crippen LogP contribution >= 0.6 is 23.4 Å². The molecule has 0 bridgehead atoms. The third kappa shape index (κ3) is 4.42. The Hall–Kier alpha value is -1.20. The maximum absolute atomic E-state index is 12.4. The van der Waals surface area contributed by atoms with E-state index in [0.29, 0.717) is 10.6 Å². The number of nitrogens with zero attached hydrogens (tertiary/aromatic N) is 1. The van der Waals surface area contributed by atoms with Crippen molar-refractivity contribution in [2.45, 2.75) is 50.1 Å². The van der Waals surface area contributed by atoms with Crippen molar-refractivity contribution in [3.63, 3.8) is 0 Å². The standard InChI is InChI=1S/C17H22ClNO3S/c1-11-5-4-6-12(2)19(11)16(20)10-22-17(21)14-9-13(23-3)7-8-15(14)18/h7-9,11-12H,4-6,10H2,1-3H3. The lowest BCUT2D eigenvalue weighted by atomic mass is 9.97. The Bertz CT molecular complexity index is 583. The molecule has 2 unspecified atom stereocenters. The van der Waals surface area contributed by atoms with E-state index in [1.807, 2.05) is 31.1 Å². The molecular formula is C17H22ClNO3S. The van der Waals surface area contributed by atoms with Crippen LogP contribution in [0.3, 0.4) is 0 Å². The number of carbonyl (C=O) groups is 2. The summed E-state index contributed by atoms with van der Waals surface area (Å²) in [5.41, 5.74) is 0.297. The summed E-state index contributed by atoms with van der Waals surface area (Å²) in [5, 5.41) is 0.333. The van der Waals surface area contributed by atoms with Gasteiger partial charge in [0.2, 0.25) is 0 Å². The topological polar surface area (TPSA) is 46.6 Å². The smallest absolute Gasteiger partial charge is 0.340 e. The van der Waals surface area contributed by atoms with Crippen LogP contribution in [0, 0.1) is 0 Å². The minimum Gasteiger partial charge on any atom is -0.452 e. The van der Waals surface area contributed by atoms with Gasteiger partial charge in [0, 0.05) is 17.0 Å². The zero-order valence-corrected chi connectivity index (χ0v) is 15.2. The van der Waals surface area contributed by atoms with Crippen molar-refractivity contribution in [3.05, 3.63) is 28.8 Å². The predicted molar refractivity (Wildman–Crippen MR) is 93.1 cm³/mol. The number of hydrogen-bond acceptors (Lipinski definition) is 4. The van der Waals surface area contributed by atoms with Crippen LogP contribution in [0.15, 0.2) is 23.1 Å². The minimum absolute atomic E-state index is 0.143. The number of amides is 1. The van der Waals surface area contributed by atoms with Crippen LogP contribution in [0.5, 0.6) is 0 Å². The summed E-state index contributed by atoms with van der Waals surface area (Å²) in [6.45, 7) is 3.83. The summed E-state index contributed by atoms with van der Waals surface area (Å²) in [6, 6.07) is 5.57. The summed E-state index contributed by atoms with van der Waals surface area (Å²) < 4.78 is 5.20.